The molecule has 34 nitrogen and oxygen atoms in total. The third-order valence-corrected chi connectivity index (χ3v) is 24.2. The summed E-state index contributed by atoms with van der Waals surface area (Å²) in [5.41, 5.74) is 34.1. The predicted molar refractivity (Wildman–Crippen MR) is 534 cm³/mol. The highest BCUT2D eigenvalue weighted by Crippen LogP contribution is 2.42. The number of piperidine rings is 4. The number of amides is 4. The van der Waals surface area contributed by atoms with Gasteiger partial charge in [0.2, 0.25) is 17.7 Å². The van der Waals surface area contributed by atoms with Crippen LogP contribution in [0.2, 0.25) is 0 Å². The lowest BCUT2D eigenvalue weighted by molar-refractivity contribution is -0.128. The molecule has 0 radical (unpaired) electrons. The summed E-state index contributed by atoms with van der Waals surface area (Å²) in [6.07, 6.45) is 26.4. The first-order valence-corrected chi connectivity index (χ1v) is 45.9. The molecule has 0 aliphatic carbocycles. The summed E-state index contributed by atoms with van der Waals surface area (Å²) >= 11 is 0. The average Bonchev–Trinajstić information content (AvgIpc) is 1.62. The van der Waals surface area contributed by atoms with E-state index < -0.39 is 0 Å². The molecule has 4 amide bonds. The monoisotopic (exact) mass is 1860 g/mol. The van der Waals surface area contributed by atoms with Crippen LogP contribution in [0.3, 0.4) is 0 Å². The van der Waals surface area contributed by atoms with E-state index in [4.69, 9.17) is 73.4 Å². The molecule has 12 heterocycles. The Bertz CT molecular complexity index is 7100. The first-order chi connectivity index (χ1) is 67.9. The lowest BCUT2D eigenvalue weighted by atomic mass is 10.1. The van der Waals surface area contributed by atoms with E-state index in [-0.39, 0.29) is 47.8 Å². The number of nitrogens with zero attached hydrogens (tertiary/aromatic N) is 21. The summed E-state index contributed by atoms with van der Waals surface area (Å²) in [6.45, 7) is 9.67. The maximum Gasteiger partial charge on any atom is 0.298 e. The molecule has 0 saturated carbocycles. The Balaban J connectivity index is 0.000000128. The number of likely N-dealkylation sites (tertiary alicyclic amines) is 4. The molecule has 4 aliphatic rings. The largest absolute Gasteiger partial charge is 0.457 e. The number of terminal acetylenes is 1. The minimum atomic E-state index is -0.306. The molecule has 704 valence electrons. The molecule has 4 fully saturated rings. The van der Waals surface area contributed by atoms with Gasteiger partial charge in [0.15, 0.2) is 22.6 Å². The van der Waals surface area contributed by atoms with Crippen molar-refractivity contribution < 1.29 is 42.9 Å². The van der Waals surface area contributed by atoms with Crippen molar-refractivity contribution >= 4 is 91.0 Å². The van der Waals surface area contributed by atoms with Crippen molar-refractivity contribution in [2.75, 3.05) is 110 Å². The number of anilines is 4. The van der Waals surface area contributed by atoms with Crippen molar-refractivity contribution in [1.29, 1.82) is 0 Å². The van der Waals surface area contributed by atoms with Crippen molar-refractivity contribution in [2.24, 2.45) is 0 Å². The lowest BCUT2D eigenvalue weighted by Crippen LogP contribution is -2.40. The average molecular weight is 1860 g/mol. The van der Waals surface area contributed by atoms with Crippen molar-refractivity contribution in [3.8, 4) is 103 Å². The third kappa shape index (κ3) is 22.1. The summed E-state index contributed by atoms with van der Waals surface area (Å²) in [4.78, 5) is 93.7. The van der Waals surface area contributed by atoms with Crippen LogP contribution in [0.1, 0.15) is 75.5 Å². The molecule has 0 spiro atoms. The van der Waals surface area contributed by atoms with Gasteiger partial charge in [0.05, 0.1) is 52.3 Å². The van der Waals surface area contributed by atoms with E-state index in [2.05, 4.69) is 52.4 Å². The zero-order chi connectivity index (χ0) is 96.3. The van der Waals surface area contributed by atoms with Crippen LogP contribution in [0.15, 0.2) is 281 Å². The van der Waals surface area contributed by atoms with Crippen LogP contribution in [-0.4, -0.2) is 214 Å². The van der Waals surface area contributed by atoms with E-state index in [1.54, 1.807) is 35.1 Å². The van der Waals surface area contributed by atoms with Crippen molar-refractivity contribution in [3.63, 3.8) is 0 Å². The van der Waals surface area contributed by atoms with E-state index in [0.717, 1.165) is 127 Å². The van der Waals surface area contributed by atoms with Gasteiger partial charge in [-0.25, -0.2) is 58.6 Å². The normalized spacial score (nSPS) is 16.0. The molecular formula is C105H105N25O9. The number of ether oxygens (including phenoxy) is 5. The van der Waals surface area contributed by atoms with Crippen LogP contribution in [0.4, 0.5) is 23.3 Å². The molecule has 4 atom stereocenters. The molecule has 8 aromatic heterocycles. The summed E-state index contributed by atoms with van der Waals surface area (Å²) < 4.78 is 36.2. The molecular weight excluding hydrogens is 1760 g/mol. The Labute approximate surface area is 802 Å². The summed E-state index contributed by atoms with van der Waals surface area (Å²) in [7, 11) is 5.55. The second-order valence-corrected chi connectivity index (χ2v) is 33.9. The van der Waals surface area contributed by atoms with Gasteiger partial charge >= 0.3 is 0 Å². The third-order valence-electron chi connectivity index (χ3n) is 24.2. The molecule has 0 unspecified atom stereocenters. The lowest BCUT2D eigenvalue weighted by Gasteiger charge is -2.32. The van der Waals surface area contributed by atoms with Gasteiger partial charge < -0.3 is 71.1 Å². The number of aromatic nitrogens is 16. The molecule has 139 heavy (non-hydrogen) atoms. The zero-order valence-corrected chi connectivity index (χ0v) is 77.2. The fraction of sp³-hybridized carbons (Fsp3) is 0.238. The topological polar surface area (TPSA) is 409 Å². The van der Waals surface area contributed by atoms with Gasteiger partial charge in [-0.1, -0.05) is 91.5 Å². The Hall–Kier alpha value is -17.1. The number of carbonyl (C=O) groups excluding carboxylic acids is 4. The fourth-order valence-corrected chi connectivity index (χ4v) is 17.5. The molecule has 20 rings (SSSR count). The number of rotatable bonds is 23. The minimum Gasteiger partial charge on any atom is -0.457 e. The quantitative estimate of drug-likeness (QED) is 0.0341. The number of nitrogen functional groups attached to an aromatic ring is 4. The SMILES string of the molecule is C#CC(=O)N1CCC[C@@H](n2nc(-c3ccc(Oc4ccccc4)cc3)c3c(N)ncnc32)C1.C=CC(=O)N1CCC[C@@H](n2nc(-c3ccc(Oc4ccccc4)cc3)c3c(N)ncnc32)C1.CN(C)C/C=C/C(=O)N1CCC[C@@H](n2nc(-c3ccc(Oc4ccccc4)cc3)c3c(N)ncnc32)C1.COC/C=C/C(=O)N1CCC[C@@H](n2nc(-c3ccc(Oc4ccccc4)cc3)c3c(N)ncnc32)C1. The van der Waals surface area contributed by atoms with E-state index in [0.29, 0.717) is 148 Å². The summed E-state index contributed by atoms with van der Waals surface area (Å²) in [5, 5.41) is 22.5. The first-order valence-electron chi connectivity index (χ1n) is 45.9. The van der Waals surface area contributed by atoms with Gasteiger partial charge in [0.25, 0.3) is 5.91 Å². The van der Waals surface area contributed by atoms with E-state index in [9.17, 15) is 19.2 Å². The molecule has 8 aromatic carbocycles. The smallest absolute Gasteiger partial charge is 0.298 e. The van der Waals surface area contributed by atoms with Crippen molar-refractivity contribution in [1.82, 2.24) is 103 Å². The molecule has 16 aromatic rings. The van der Waals surface area contributed by atoms with Gasteiger partial charge in [0.1, 0.15) is 117 Å². The highest BCUT2D eigenvalue weighted by Gasteiger charge is 2.34. The number of hydrogen-bond donors (Lipinski definition) is 4. The van der Waals surface area contributed by atoms with Gasteiger partial charge in [-0.3, -0.25) is 19.2 Å². The van der Waals surface area contributed by atoms with Crippen molar-refractivity contribution in [3.05, 3.63) is 281 Å². The van der Waals surface area contributed by atoms with Crippen LogP contribution < -0.4 is 41.9 Å². The van der Waals surface area contributed by atoms with Gasteiger partial charge in [-0.2, -0.15) is 20.4 Å². The Morgan fingerprint density at radius 1 is 0.374 bits per heavy atom. The molecule has 8 N–H and O–H groups in total. The van der Waals surface area contributed by atoms with Crippen LogP contribution in [0, 0.1) is 12.3 Å². The Kier molecular flexibility index (Phi) is 29.6. The Morgan fingerprint density at radius 3 is 0.899 bits per heavy atom. The highest BCUT2D eigenvalue weighted by atomic mass is 16.5. The number of carbonyl (C=O) groups is 4. The van der Waals surface area contributed by atoms with Gasteiger partial charge in [-0.05, 0) is 223 Å². The van der Waals surface area contributed by atoms with Crippen LogP contribution in [0.5, 0.6) is 46.0 Å². The maximum absolute atomic E-state index is 12.8. The number of likely N-dealkylation sites (N-methyl/N-ethyl adjacent to an activating group) is 1. The number of para-hydroxylation sites is 4. The summed E-state index contributed by atoms with van der Waals surface area (Å²) in [5.74, 6) is 9.28. The van der Waals surface area contributed by atoms with Crippen LogP contribution >= 0.6 is 0 Å². The van der Waals surface area contributed by atoms with Crippen molar-refractivity contribution in [2.45, 2.75) is 75.5 Å². The van der Waals surface area contributed by atoms with Crippen LogP contribution in [-0.2, 0) is 23.9 Å². The molecule has 34 heteroatoms. The second-order valence-electron chi connectivity index (χ2n) is 33.9. The van der Waals surface area contributed by atoms with Gasteiger partial charge in [0, 0.05) is 100 Å². The van der Waals surface area contributed by atoms with Gasteiger partial charge in [-0.15, -0.1) is 6.42 Å². The number of benzene rings is 8. The van der Waals surface area contributed by atoms with E-state index in [1.165, 1.54) is 31.4 Å². The minimum absolute atomic E-state index is 0.00566. The van der Waals surface area contributed by atoms with E-state index in [1.807, 2.05) is 272 Å². The first kappa shape index (κ1) is 93.7. The Morgan fingerprint density at radius 2 is 0.633 bits per heavy atom. The number of hydrogen-bond acceptors (Lipinski definition) is 26. The van der Waals surface area contributed by atoms with E-state index >= 15 is 0 Å². The highest BCUT2D eigenvalue weighted by molar-refractivity contribution is 6.02. The van der Waals surface area contributed by atoms with Crippen LogP contribution in [0.25, 0.3) is 89.2 Å². The number of methoxy groups -OCH3 is 1. The fourth-order valence-electron chi connectivity index (χ4n) is 17.5. The summed E-state index contributed by atoms with van der Waals surface area (Å²) in [6, 6.07) is 69.2. The number of fused-ring (bicyclic) bond motifs is 4. The zero-order valence-electron chi connectivity index (χ0n) is 77.2. The predicted octanol–water partition coefficient (Wildman–Crippen LogP) is 16.3. The standard InChI is InChI=1S/C28H31N7O2.C27H28N6O3.C25H24N6O2.C25H22N6O2/c1-33(2)16-7-11-24(36)34-17-6-8-21(18-34)35-28-25(27(29)30-19-31-28)26(32-35)20-12-14-23(15-13-20)37-22-9-4-3-5-10-22;1-35-16-6-10-23(34)32-15-5-7-20(17-32)33-27-24(26(28)29-18-30-27)25(31-33)19-11-13-22(14-12-19)36-21-8-3-2-4-9-21;2*1-2-21(32)30-14-6-7-18(15-30)31-25-22(24(26)27-16-28-25)23(29-31)17-10-12-20(13-11-17)33-19-8-4-3-5-9-19/h3-5,7,9-15,19,21H,6,8,16-18H2,1-2H3,(H2,29,30,31);2-4,6,8-14,18,20H,5,7,15-17H2,1H3,(H2,28,29,30);2-5,8-13,16,18H,1,6-7,14-15H2,(H2,26,27,28);1,3-5,8-13,16,18H,6-7,14-15H2,(H2,26,27,28)/b11-7+;10-6+;;/t21-;20-;2*18-/m1111/s1. The second kappa shape index (κ2) is 44.0. The molecule has 4 saturated heterocycles. The maximum atomic E-state index is 12.8. The number of nitrogens with two attached hydrogens (primary N) is 4. The molecule has 4 aliphatic heterocycles. The molecule has 0 bridgehead atoms.